The largest absolute Gasteiger partial charge is 0.472 e. The van der Waals surface area contributed by atoms with Gasteiger partial charge in [0, 0.05) is 13.0 Å². The summed E-state index contributed by atoms with van der Waals surface area (Å²) in [4.78, 5) is 22.7. The van der Waals surface area contributed by atoms with E-state index in [2.05, 4.69) is 13.8 Å². The molecule has 0 radical (unpaired) electrons. The molecule has 0 aliphatic heterocycles. The van der Waals surface area contributed by atoms with Gasteiger partial charge < -0.3 is 18.9 Å². The number of rotatable bonds is 37. The van der Waals surface area contributed by atoms with Gasteiger partial charge >= 0.3 is 13.8 Å². The standard InChI is InChI=1S/C38H78NO7P/c1-6-8-10-12-14-16-18-19-20-21-22-24-26-28-30-33-43-35-37(36-45-47(41,42)44-34-32-39(3,4)5)46-38(40)31-29-27-25-23-17-15-13-11-9-7-2/h37H,6-36H2,1-5H3/p+1. The van der Waals surface area contributed by atoms with E-state index >= 15 is 0 Å². The van der Waals surface area contributed by atoms with Crippen molar-refractivity contribution in [3.05, 3.63) is 0 Å². The fraction of sp³-hybridized carbons (Fsp3) is 0.974. The summed E-state index contributed by atoms with van der Waals surface area (Å²) in [6, 6.07) is 0. The monoisotopic (exact) mass is 693 g/mol. The molecule has 2 atom stereocenters. The molecule has 0 aliphatic rings. The lowest BCUT2D eigenvalue weighted by Crippen LogP contribution is -2.37. The summed E-state index contributed by atoms with van der Waals surface area (Å²) in [5, 5.41) is 0. The number of quaternary nitrogens is 1. The maximum Gasteiger partial charge on any atom is 0.472 e. The molecule has 0 bridgehead atoms. The number of phosphoric ester groups is 1. The van der Waals surface area contributed by atoms with Crippen molar-refractivity contribution in [2.45, 2.75) is 187 Å². The topological polar surface area (TPSA) is 91.3 Å². The predicted molar refractivity (Wildman–Crippen MR) is 197 cm³/mol. The number of esters is 1. The Bertz CT molecular complexity index is 731. The highest BCUT2D eigenvalue weighted by Gasteiger charge is 2.26. The van der Waals surface area contributed by atoms with Crippen LogP contribution in [0.3, 0.4) is 0 Å². The first kappa shape index (κ1) is 46.5. The highest BCUT2D eigenvalue weighted by atomic mass is 31.2. The Morgan fingerprint density at radius 1 is 0.574 bits per heavy atom. The molecular weight excluding hydrogens is 613 g/mol. The van der Waals surface area contributed by atoms with Crippen LogP contribution in [-0.4, -0.2) is 75.6 Å². The quantitative estimate of drug-likeness (QED) is 0.0300. The molecule has 0 aromatic heterocycles. The Hall–Kier alpha value is -0.500. The molecule has 8 nitrogen and oxygen atoms in total. The summed E-state index contributed by atoms with van der Waals surface area (Å²) in [6.07, 6.45) is 31.2. The zero-order chi connectivity index (χ0) is 34.9. The second-order valence-corrected chi connectivity index (χ2v) is 16.1. The summed E-state index contributed by atoms with van der Waals surface area (Å²) in [5.41, 5.74) is 0. The molecule has 0 saturated heterocycles. The van der Waals surface area contributed by atoms with Gasteiger partial charge in [0.1, 0.15) is 19.3 Å². The number of carbonyl (C=O) groups is 1. The van der Waals surface area contributed by atoms with Crippen molar-refractivity contribution >= 4 is 13.8 Å². The number of unbranched alkanes of at least 4 members (excludes halogenated alkanes) is 23. The van der Waals surface area contributed by atoms with Crippen LogP contribution >= 0.6 is 7.82 Å². The highest BCUT2D eigenvalue weighted by molar-refractivity contribution is 7.47. The second-order valence-electron chi connectivity index (χ2n) is 14.7. The van der Waals surface area contributed by atoms with E-state index in [9.17, 15) is 14.3 Å². The summed E-state index contributed by atoms with van der Waals surface area (Å²) in [5.74, 6) is -0.313. The number of likely N-dealkylation sites (N-methyl/N-ethyl adjacent to an activating group) is 1. The molecule has 0 rings (SSSR count). The Morgan fingerprint density at radius 2 is 0.979 bits per heavy atom. The number of nitrogens with zero attached hydrogens (tertiary/aromatic N) is 1. The van der Waals surface area contributed by atoms with Gasteiger partial charge in [-0.05, 0) is 12.8 Å². The molecule has 0 fully saturated rings. The molecule has 282 valence electrons. The Kier molecular flexibility index (Phi) is 32.3. The van der Waals surface area contributed by atoms with Gasteiger partial charge in [-0.3, -0.25) is 13.8 Å². The van der Waals surface area contributed by atoms with Gasteiger partial charge in [-0.15, -0.1) is 0 Å². The van der Waals surface area contributed by atoms with E-state index in [1.807, 2.05) is 21.1 Å². The minimum atomic E-state index is -4.26. The van der Waals surface area contributed by atoms with Crippen LogP contribution < -0.4 is 0 Å². The minimum absolute atomic E-state index is 0.0934. The molecule has 9 heteroatoms. The third-order valence-electron chi connectivity index (χ3n) is 8.67. The summed E-state index contributed by atoms with van der Waals surface area (Å²) in [7, 11) is 1.68. The van der Waals surface area contributed by atoms with Gasteiger partial charge in [0.05, 0.1) is 34.4 Å². The summed E-state index contributed by atoms with van der Waals surface area (Å²) >= 11 is 0. The Balaban J connectivity index is 4.22. The smallest absolute Gasteiger partial charge is 0.457 e. The third kappa shape index (κ3) is 36.6. The average Bonchev–Trinajstić information content (AvgIpc) is 3.01. The Labute approximate surface area is 291 Å². The fourth-order valence-electron chi connectivity index (χ4n) is 5.55. The molecule has 0 amide bonds. The first-order valence-corrected chi connectivity index (χ1v) is 21.3. The van der Waals surface area contributed by atoms with Crippen LogP contribution in [0, 0.1) is 0 Å². The second kappa shape index (κ2) is 32.7. The molecule has 0 aromatic carbocycles. The van der Waals surface area contributed by atoms with Gasteiger partial charge in [-0.1, -0.05) is 162 Å². The van der Waals surface area contributed by atoms with Gasteiger partial charge in [0.15, 0.2) is 0 Å². The molecule has 0 saturated carbocycles. The van der Waals surface area contributed by atoms with Crippen molar-refractivity contribution in [2.75, 3.05) is 54.1 Å². The van der Waals surface area contributed by atoms with Crippen molar-refractivity contribution in [3.8, 4) is 0 Å². The Morgan fingerprint density at radius 3 is 1.40 bits per heavy atom. The van der Waals surface area contributed by atoms with E-state index in [4.69, 9.17) is 18.5 Å². The van der Waals surface area contributed by atoms with Gasteiger partial charge in [-0.25, -0.2) is 4.57 Å². The SMILES string of the molecule is CCCCCCCCCCCCCCCCCOCC(COP(=O)(O)OCC[N+](C)(C)C)OC(=O)CCCCCCCCCCCC. The molecule has 2 unspecified atom stereocenters. The van der Waals surface area contributed by atoms with Gasteiger partial charge in [-0.2, -0.15) is 0 Å². The lowest BCUT2D eigenvalue weighted by atomic mass is 10.0. The molecule has 0 heterocycles. The lowest BCUT2D eigenvalue weighted by Gasteiger charge is -2.24. The molecule has 47 heavy (non-hydrogen) atoms. The zero-order valence-corrected chi connectivity index (χ0v) is 32.7. The normalized spacial score (nSPS) is 13.9. The maximum absolute atomic E-state index is 12.6. The third-order valence-corrected chi connectivity index (χ3v) is 9.65. The number of hydrogen-bond acceptors (Lipinski definition) is 6. The minimum Gasteiger partial charge on any atom is -0.457 e. The summed E-state index contributed by atoms with van der Waals surface area (Å²) in [6.45, 7) is 5.64. The van der Waals surface area contributed by atoms with E-state index in [1.165, 1.54) is 128 Å². The van der Waals surface area contributed by atoms with Crippen molar-refractivity contribution in [3.63, 3.8) is 0 Å². The molecule has 0 aliphatic carbocycles. The highest BCUT2D eigenvalue weighted by Crippen LogP contribution is 2.43. The van der Waals surface area contributed by atoms with Gasteiger partial charge in [0.25, 0.3) is 0 Å². The first-order valence-electron chi connectivity index (χ1n) is 19.8. The molecule has 0 spiro atoms. The zero-order valence-electron chi connectivity index (χ0n) is 31.8. The van der Waals surface area contributed by atoms with Crippen molar-refractivity contribution in [1.82, 2.24) is 0 Å². The van der Waals surface area contributed by atoms with Crippen LogP contribution in [-0.2, 0) is 27.9 Å². The first-order chi connectivity index (χ1) is 22.6. The van der Waals surface area contributed by atoms with Crippen LogP contribution in [0.1, 0.15) is 181 Å². The van der Waals surface area contributed by atoms with Crippen LogP contribution in [0.15, 0.2) is 0 Å². The van der Waals surface area contributed by atoms with E-state index in [0.29, 0.717) is 24.1 Å². The number of ether oxygens (including phenoxy) is 2. The van der Waals surface area contributed by atoms with E-state index in [0.717, 1.165) is 32.1 Å². The predicted octanol–water partition coefficient (Wildman–Crippen LogP) is 10.9. The average molecular weight is 693 g/mol. The number of carbonyl (C=O) groups excluding carboxylic acids is 1. The fourth-order valence-corrected chi connectivity index (χ4v) is 6.29. The number of phosphoric acid groups is 1. The molecular formula is C38H79NO7P+. The van der Waals surface area contributed by atoms with E-state index in [1.54, 1.807) is 0 Å². The van der Waals surface area contributed by atoms with Crippen LogP contribution in [0.25, 0.3) is 0 Å². The van der Waals surface area contributed by atoms with Crippen molar-refractivity contribution in [2.24, 2.45) is 0 Å². The summed E-state index contributed by atoms with van der Waals surface area (Å²) < 4.78 is 34.8. The maximum atomic E-state index is 12.6. The van der Waals surface area contributed by atoms with Crippen LogP contribution in [0.2, 0.25) is 0 Å². The van der Waals surface area contributed by atoms with Crippen LogP contribution in [0.5, 0.6) is 0 Å². The van der Waals surface area contributed by atoms with Crippen molar-refractivity contribution < 1.29 is 37.3 Å². The number of hydrogen-bond donors (Lipinski definition) is 1. The van der Waals surface area contributed by atoms with Gasteiger partial charge in [0.2, 0.25) is 0 Å². The van der Waals surface area contributed by atoms with Crippen molar-refractivity contribution in [1.29, 1.82) is 0 Å². The van der Waals surface area contributed by atoms with Crippen LogP contribution in [0.4, 0.5) is 0 Å². The molecule has 1 N–H and O–H groups in total. The molecule has 0 aromatic rings. The van der Waals surface area contributed by atoms with E-state index < -0.39 is 13.9 Å². The lowest BCUT2D eigenvalue weighted by molar-refractivity contribution is -0.870. The van der Waals surface area contributed by atoms with E-state index in [-0.39, 0.29) is 25.8 Å².